The van der Waals surface area contributed by atoms with E-state index in [0.717, 1.165) is 32.0 Å². The van der Waals surface area contributed by atoms with Gasteiger partial charge in [-0.3, -0.25) is 14.5 Å². The maximum Gasteiger partial charge on any atom is 0.293 e. The molecule has 0 spiro atoms. The molecule has 0 N–H and O–H groups in total. The molecule has 1 saturated heterocycles. The average molecular weight is 640 g/mol. The zero-order chi connectivity index (χ0) is 25.1. The summed E-state index contributed by atoms with van der Waals surface area (Å²) in [6.07, 6.45) is 1.69. The number of carbonyl (C=O) groups excluding carboxylic acids is 2. The molecule has 0 aliphatic carbocycles. The van der Waals surface area contributed by atoms with Gasteiger partial charge in [-0.1, -0.05) is 53.5 Å². The third kappa shape index (κ3) is 5.97. The molecular weight excluding hydrogens is 620 g/mol. The van der Waals surface area contributed by atoms with Crippen molar-refractivity contribution in [2.24, 2.45) is 0 Å². The molecule has 35 heavy (non-hydrogen) atoms. The van der Waals surface area contributed by atoms with Crippen LogP contribution in [0, 0.1) is 10.5 Å². The summed E-state index contributed by atoms with van der Waals surface area (Å²) in [4.78, 5) is 27.1. The van der Waals surface area contributed by atoms with Gasteiger partial charge in [0.2, 0.25) is 0 Å². The minimum atomic E-state index is -0.361. The van der Waals surface area contributed by atoms with Crippen LogP contribution in [-0.2, 0) is 17.9 Å². The third-order valence-corrected chi connectivity index (χ3v) is 7.83. The van der Waals surface area contributed by atoms with Gasteiger partial charge in [-0.25, -0.2) is 0 Å². The Kier molecular flexibility index (Phi) is 8.31. The lowest BCUT2D eigenvalue weighted by molar-refractivity contribution is -0.123. The topological polar surface area (TPSA) is 55.8 Å². The monoisotopic (exact) mass is 639 g/mol. The van der Waals surface area contributed by atoms with E-state index in [1.807, 2.05) is 37.3 Å². The average Bonchev–Trinajstić information content (AvgIpc) is 3.08. The number of amides is 2. The summed E-state index contributed by atoms with van der Waals surface area (Å²) in [5.74, 6) is 0.813. The number of hydrogen-bond acceptors (Lipinski definition) is 5. The molecule has 1 heterocycles. The molecule has 0 unspecified atom stereocenters. The number of methoxy groups -OCH3 is 1. The summed E-state index contributed by atoms with van der Waals surface area (Å²) in [5, 5.41) is 0.449. The summed E-state index contributed by atoms with van der Waals surface area (Å²) in [6, 6.07) is 16.8. The largest absolute Gasteiger partial charge is 0.493 e. The number of thioether (sulfide) groups is 1. The fourth-order valence-corrected chi connectivity index (χ4v) is 5.43. The summed E-state index contributed by atoms with van der Waals surface area (Å²) >= 11 is 15.1. The summed E-state index contributed by atoms with van der Waals surface area (Å²) < 4.78 is 12.5. The molecule has 180 valence electrons. The highest BCUT2D eigenvalue weighted by molar-refractivity contribution is 14.1. The number of aryl methyl sites for hydroxylation is 1. The van der Waals surface area contributed by atoms with E-state index in [1.54, 1.807) is 37.5 Å². The molecule has 0 radical (unpaired) electrons. The Morgan fingerprint density at radius 2 is 1.83 bits per heavy atom. The molecule has 3 aromatic carbocycles. The Labute approximate surface area is 231 Å². The van der Waals surface area contributed by atoms with Crippen LogP contribution in [0.2, 0.25) is 10.0 Å². The summed E-state index contributed by atoms with van der Waals surface area (Å²) in [7, 11) is 1.57. The van der Waals surface area contributed by atoms with Crippen LogP contribution >= 0.6 is 57.6 Å². The molecule has 0 bridgehead atoms. The van der Waals surface area contributed by atoms with Crippen molar-refractivity contribution in [2.45, 2.75) is 20.1 Å². The predicted molar refractivity (Wildman–Crippen MR) is 149 cm³/mol. The summed E-state index contributed by atoms with van der Waals surface area (Å²) in [6.45, 7) is 2.57. The number of imide groups is 1. The Morgan fingerprint density at radius 1 is 1.06 bits per heavy atom. The fourth-order valence-electron chi connectivity index (χ4n) is 3.49. The molecular formula is C26H20Cl2INO4S. The first kappa shape index (κ1) is 25.9. The van der Waals surface area contributed by atoms with E-state index in [9.17, 15) is 9.59 Å². The maximum atomic E-state index is 13.0. The lowest BCUT2D eigenvalue weighted by atomic mass is 10.1. The van der Waals surface area contributed by atoms with Crippen molar-refractivity contribution < 1.29 is 19.1 Å². The van der Waals surface area contributed by atoms with Crippen molar-refractivity contribution in [2.75, 3.05) is 7.11 Å². The zero-order valence-corrected chi connectivity index (χ0v) is 23.3. The number of ether oxygens (including phenoxy) is 2. The van der Waals surface area contributed by atoms with Gasteiger partial charge in [0, 0.05) is 0 Å². The minimum Gasteiger partial charge on any atom is -0.493 e. The number of rotatable bonds is 7. The van der Waals surface area contributed by atoms with Gasteiger partial charge in [0.1, 0.15) is 6.61 Å². The first-order valence-corrected chi connectivity index (χ1v) is 13.2. The standard InChI is InChI=1S/C26H20Cl2INO4S/c1-15-5-3-4-6-18(15)14-34-24-21(29)10-17(11-22(24)33-2)12-23-25(31)30(26(32)35-23)13-16-7-8-19(27)20(28)9-16/h3-12H,13-14H2,1-2H3/b23-12-. The molecule has 1 aliphatic heterocycles. The third-order valence-electron chi connectivity index (χ3n) is 5.38. The van der Waals surface area contributed by atoms with Crippen LogP contribution in [0.4, 0.5) is 4.79 Å². The first-order valence-electron chi connectivity index (χ1n) is 10.5. The van der Waals surface area contributed by atoms with Crippen LogP contribution in [0.3, 0.4) is 0 Å². The van der Waals surface area contributed by atoms with Crippen molar-refractivity contribution in [3.63, 3.8) is 0 Å². The molecule has 0 atom stereocenters. The van der Waals surface area contributed by atoms with Crippen molar-refractivity contribution in [1.29, 1.82) is 0 Å². The van der Waals surface area contributed by atoms with E-state index in [2.05, 4.69) is 22.6 Å². The van der Waals surface area contributed by atoms with Crippen molar-refractivity contribution in [1.82, 2.24) is 4.90 Å². The quantitative estimate of drug-likeness (QED) is 0.196. The normalized spacial score (nSPS) is 14.7. The number of carbonyl (C=O) groups is 2. The molecule has 2 amide bonds. The highest BCUT2D eigenvalue weighted by Crippen LogP contribution is 2.38. The smallest absolute Gasteiger partial charge is 0.293 e. The van der Waals surface area contributed by atoms with E-state index in [-0.39, 0.29) is 17.7 Å². The highest BCUT2D eigenvalue weighted by Gasteiger charge is 2.35. The number of halogens is 3. The van der Waals surface area contributed by atoms with Crippen LogP contribution in [-0.4, -0.2) is 23.2 Å². The van der Waals surface area contributed by atoms with Gasteiger partial charge < -0.3 is 9.47 Å². The van der Waals surface area contributed by atoms with Gasteiger partial charge >= 0.3 is 0 Å². The lowest BCUT2D eigenvalue weighted by Gasteiger charge is -2.15. The number of nitrogens with zero attached hydrogens (tertiary/aromatic N) is 1. The van der Waals surface area contributed by atoms with Crippen LogP contribution in [0.1, 0.15) is 22.3 Å². The van der Waals surface area contributed by atoms with Crippen LogP contribution in [0.5, 0.6) is 11.5 Å². The second-order valence-electron chi connectivity index (χ2n) is 7.77. The Morgan fingerprint density at radius 3 is 2.54 bits per heavy atom. The fraction of sp³-hybridized carbons (Fsp3) is 0.154. The minimum absolute atomic E-state index is 0.116. The van der Waals surface area contributed by atoms with Crippen molar-refractivity contribution >= 4 is 74.8 Å². The van der Waals surface area contributed by atoms with Gasteiger partial charge in [0.25, 0.3) is 11.1 Å². The van der Waals surface area contributed by atoms with E-state index < -0.39 is 0 Å². The second kappa shape index (κ2) is 11.2. The van der Waals surface area contributed by atoms with Crippen molar-refractivity contribution in [3.8, 4) is 11.5 Å². The maximum absolute atomic E-state index is 13.0. The van der Waals surface area contributed by atoms with Crippen LogP contribution in [0.15, 0.2) is 59.5 Å². The molecule has 1 aliphatic rings. The molecule has 0 aromatic heterocycles. The molecule has 1 fully saturated rings. The zero-order valence-electron chi connectivity index (χ0n) is 18.8. The Hall–Kier alpha value is -2.20. The first-order chi connectivity index (χ1) is 16.8. The molecule has 4 rings (SSSR count). The SMILES string of the molecule is COc1cc(/C=C2\SC(=O)N(Cc3ccc(Cl)c(Cl)c3)C2=O)cc(I)c1OCc1ccccc1C. The van der Waals surface area contributed by atoms with Crippen LogP contribution in [0.25, 0.3) is 6.08 Å². The molecule has 9 heteroatoms. The molecule has 3 aromatic rings. The van der Waals surface area contributed by atoms with E-state index >= 15 is 0 Å². The summed E-state index contributed by atoms with van der Waals surface area (Å²) in [5.41, 5.74) is 3.68. The van der Waals surface area contributed by atoms with Crippen LogP contribution < -0.4 is 9.47 Å². The predicted octanol–water partition coefficient (Wildman–Crippen LogP) is 7.73. The Balaban J connectivity index is 1.54. The van der Waals surface area contributed by atoms with E-state index in [4.69, 9.17) is 32.7 Å². The number of hydrogen-bond donors (Lipinski definition) is 0. The second-order valence-corrected chi connectivity index (χ2v) is 10.7. The highest BCUT2D eigenvalue weighted by atomic mass is 127. The van der Waals surface area contributed by atoms with E-state index in [0.29, 0.717) is 38.6 Å². The van der Waals surface area contributed by atoms with E-state index in [1.165, 1.54) is 4.90 Å². The van der Waals surface area contributed by atoms with Gasteiger partial charge in [-0.2, -0.15) is 0 Å². The number of benzene rings is 3. The molecule has 5 nitrogen and oxygen atoms in total. The Bertz CT molecular complexity index is 1340. The van der Waals surface area contributed by atoms with Crippen molar-refractivity contribution in [3.05, 3.63) is 95.4 Å². The van der Waals surface area contributed by atoms with Gasteiger partial charge in [0.15, 0.2) is 11.5 Å². The molecule has 0 saturated carbocycles. The van der Waals surface area contributed by atoms with Gasteiger partial charge in [0.05, 0.1) is 32.2 Å². The van der Waals surface area contributed by atoms with Gasteiger partial charge in [-0.05, 0) is 93.9 Å². The van der Waals surface area contributed by atoms with Gasteiger partial charge in [-0.15, -0.1) is 0 Å². The lowest BCUT2D eigenvalue weighted by Crippen LogP contribution is -2.27.